The summed E-state index contributed by atoms with van der Waals surface area (Å²) in [6, 6.07) is 23.3. The molecule has 1 unspecified atom stereocenters. The van der Waals surface area contributed by atoms with Crippen LogP contribution in [0.4, 0.5) is 0 Å². The zero-order valence-electron chi connectivity index (χ0n) is 23.8. The second-order valence-corrected chi connectivity index (χ2v) is 14.9. The fourth-order valence-corrected chi connectivity index (χ4v) is 10.0. The van der Waals surface area contributed by atoms with E-state index in [2.05, 4.69) is 0 Å². The third-order valence-electron chi connectivity index (χ3n) is 10.2. The molecule has 0 spiro atoms. The molecule has 0 aromatic heterocycles. The van der Waals surface area contributed by atoms with Crippen LogP contribution in [-0.4, -0.2) is 40.0 Å². The third kappa shape index (κ3) is 4.80. The first kappa shape index (κ1) is 27.5. The van der Waals surface area contributed by atoms with Gasteiger partial charge in [0.05, 0.1) is 5.56 Å². The van der Waals surface area contributed by atoms with E-state index in [1.54, 1.807) is 41.3 Å². The molecule has 42 heavy (non-hydrogen) atoms. The molecular weight excluding hydrogens is 545 g/mol. The molecular formula is C35H36NO5P. The van der Waals surface area contributed by atoms with Crippen molar-refractivity contribution in [3.8, 4) is 0 Å². The zero-order chi connectivity index (χ0) is 29.2. The lowest BCUT2D eigenvalue weighted by Crippen LogP contribution is -2.51. The highest BCUT2D eigenvalue weighted by molar-refractivity contribution is 7.53. The Kier molecular flexibility index (Phi) is 6.65. The van der Waals surface area contributed by atoms with E-state index in [0.717, 1.165) is 53.2 Å². The summed E-state index contributed by atoms with van der Waals surface area (Å²) in [5.74, 6) is 1.24. The van der Waals surface area contributed by atoms with Crippen LogP contribution in [0.1, 0.15) is 70.5 Å². The highest BCUT2D eigenvalue weighted by atomic mass is 31.2. The van der Waals surface area contributed by atoms with Crippen LogP contribution in [0.15, 0.2) is 78.9 Å². The molecule has 4 fully saturated rings. The fourth-order valence-electron chi connectivity index (χ4n) is 9.00. The Hall–Kier alpha value is -3.31. The van der Waals surface area contributed by atoms with Gasteiger partial charge in [-0.25, -0.2) is 0 Å². The summed E-state index contributed by atoms with van der Waals surface area (Å²) in [4.78, 5) is 51.6. The summed E-state index contributed by atoms with van der Waals surface area (Å²) in [5.41, 5.74) is -1.09. The van der Waals surface area contributed by atoms with Gasteiger partial charge in [0.1, 0.15) is 5.66 Å². The van der Waals surface area contributed by atoms with E-state index < -0.39 is 19.0 Å². The number of nitrogens with zero attached hydrogens (tertiary/aromatic N) is 1. The van der Waals surface area contributed by atoms with E-state index in [1.165, 1.54) is 19.3 Å². The van der Waals surface area contributed by atoms with Crippen molar-refractivity contribution in [2.24, 2.45) is 23.2 Å². The van der Waals surface area contributed by atoms with Gasteiger partial charge < -0.3 is 14.7 Å². The summed E-state index contributed by atoms with van der Waals surface area (Å²) in [6.07, 6.45) is 7.42. The zero-order valence-corrected chi connectivity index (χ0v) is 24.7. The van der Waals surface area contributed by atoms with Crippen LogP contribution in [0.2, 0.25) is 0 Å². The molecule has 4 saturated carbocycles. The minimum atomic E-state index is -4.98. The number of benzene rings is 4. The molecule has 0 radical (unpaired) electrons. The maximum absolute atomic E-state index is 14.4. The van der Waals surface area contributed by atoms with Gasteiger partial charge in [-0.2, -0.15) is 0 Å². The van der Waals surface area contributed by atoms with Crippen molar-refractivity contribution in [3.05, 3.63) is 95.6 Å². The summed E-state index contributed by atoms with van der Waals surface area (Å²) in [5, 5.41) is 2.93. The first-order valence-electron chi connectivity index (χ1n) is 15.0. The van der Waals surface area contributed by atoms with E-state index in [0.29, 0.717) is 11.9 Å². The topological polar surface area (TPSA) is 94.9 Å². The van der Waals surface area contributed by atoms with E-state index in [1.807, 2.05) is 49.5 Å². The average Bonchev–Trinajstić information content (AvgIpc) is 2.94. The highest BCUT2D eigenvalue weighted by Gasteiger charge is 2.51. The minimum absolute atomic E-state index is 0.0531. The Morgan fingerprint density at radius 3 is 1.93 bits per heavy atom. The molecule has 1 atom stereocenters. The van der Waals surface area contributed by atoms with Crippen LogP contribution in [0.3, 0.4) is 0 Å². The van der Waals surface area contributed by atoms with Crippen LogP contribution in [-0.2, 0) is 4.57 Å². The second-order valence-electron chi connectivity index (χ2n) is 13.2. The molecule has 4 aromatic rings. The van der Waals surface area contributed by atoms with E-state index >= 15 is 0 Å². The van der Waals surface area contributed by atoms with Crippen LogP contribution in [0.25, 0.3) is 21.5 Å². The number of hydrogen-bond acceptors (Lipinski definition) is 3. The van der Waals surface area contributed by atoms with Crippen molar-refractivity contribution in [2.75, 3.05) is 13.6 Å². The maximum Gasteiger partial charge on any atom is 0.340 e. The lowest BCUT2D eigenvalue weighted by atomic mass is 9.49. The molecule has 216 valence electrons. The smallest absolute Gasteiger partial charge is 0.340 e. The van der Waals surface area contributed by atoms with Gasteiger partial charge in [-0.1, -0.05) is 66.7 Å². The van der Waals surface area contributed by atoms with Crippen molar-refractivity contribution in [3.63, 3.8) is 0 Å². The largest absolute Gasteiger partial charge is 0.341 e. The Morgan fingerprint density at radius 1 is 0.810 bits per heavy atom. The quantitative estimate of drug-likeness (QED) is 0.175. The van der Waals surface area contributed by atoms with Crippen molar-refractivity contribution in [1.82, 2.24) is 4.90 Å². The first-order valence-corrected chi connectivity index (χ1v) is 16.6. The van der Waals surface area contributed by atoms with E-state index in [9.17, 15) is 23.9 Å². The lowest BCUT2D eigenvalue weighted by Gasteiger charge is -2.57. The van der Waals surface area contributed by atoms with Gasteiger partial charge >= 0.3 is 7.60 Å². The number of carbonyl (C=O) groups excluding carboxylic acids is 2. The van der Waals surface area contributed by atoms with Gasteiger partial charge in [0.15, 0.2) is 5.78 Å². The van der Waals surface area contributed by atoms with Crippen molar-refractivity contribution in [2.45, 2.75) is 44.2 Å². The Labute approximate surface area is 245 Å². The summed E-state index contributed by atoms with van der Waals surface area (Å²) in [7, 11) is -3.16. The summed E-state index contributed by atoms with van der Waals surface area (Å²) < 4.78 is 13.1. The number of Topliss-reactive ketones (excluding diaryl/α,β-unsaturated/α-hetero) is 1. The van der Waals surface area contributed by atoms with Gasteiger partial charge in [0.2, 0.25) is 0 Å². The number of amides is 1. The number of rotatable bonds is 7. The molecule has 4 aliphatic rings. The number of hydrogen-bond donors (Lipinski definition) is 2. The Bertz CT molecular complexity index is 1730. The molecule has 6 nitrogen and oxygen atoms in total. The fraction of sp³-hybridized carbons (Fsp3) is 0.371. The predicted molar refractivity (Wildman–Crippen MR) is 165 cm³/mol. The summed E-state index contributed by atoms with van der Waals surface area (Å²) in [6.45, 7) is 0.640. The number of fused-ring (bicyclic) bond motifs is 2. The van der Waals surface area contributed by atoms with Gasteiger partial charge in [-0.3, -0.25) is 14.2 Å². The third-order valence-corrected chi connectivity index (χ3v) is 11.4. The highest BCUT2D eigenvalue weighted by Crippen LogP contribution is 2.60. The van der Waals surface area contributed by atoms with Gasteiger partial charge in [-0.15, -0.1) is 0 Å². The lowest BCUT2D eigenvalue weighted by molar-refractivity contribution is -0.0629. The second kappa shape index (κ2) is 10.2. The molecule has 0 heterocycles. The normalized spacial score (nSPS) is 25.5. The molecule has 4 bridgehead atoms. The molecule has 8 rings (SSSR count). The van der Waals surface area contributed by atoms with E-state index in [-0.39, 0.29) is 28.0 Å². The standard InChI is InChI=1S/C35H36NO5P/c1-36(21-35-18-22-13-23(19-35)15-24(14-22)20-35)34(38)31-17-27-9-3-2-8-26(27)16-30(31)32(37)33(42(39,40)41)29-12-6-10-25-7-4-5-11-28(25)29/h2-12,16-17,22-24,33H,13-15,18-21H2,1H3,(H2,39,40,41). The molecule has 4 aliphatic carbocycles. The van der Waals surface area contributed by atoms with Crippen molar-refractivity contribution in [1.29, 1.82) is 0 Å². The monoisotopic (exact) mass is 581 g/mol. The summed E-state index contributed by atoms with van der Waals surface area (Å²) >= 11 is 0. The van der Waals surface area contributed by atoms with Gasteiger partial charge in [0, 0.05) is 19.2 Å². The van der Waals surface area contributed by atoms with Gasteiger partial charge in [-0.05, 0) is 101 Å². The van der Waals surface area contributed by atoms with Crippen LogP contribution >= 0.6 is 7.60 Å². The molecule has 4 aromatic carbocycles. The molecule has 0 aliphatic heterocycles. The number of ketones is 1. The van der Waals surface area contributed by atoms with Crippen LogP contribution in [0.5, 0.6) is 0 Å². The van der Waals surface area contributed by atoms with Crippen LogP contribution in [0, 0.1) is 23.2 Å². The SMILES string of the molecule is CN(CC12CC3CC(CC(C3)C1)C2)C(=O)c1cc2ccccc2cc1C(=O)C(c1cccc2ccccc12)P(=O)(O)O. The molecule has 7 heteroatoms. The first-order chi connectivity index (χ1) is 20.1. The molecule has 1 amide bonds. The molecule has 0 saturated heterocycles. The Morgan fingerprint density at radius 2 is 1.33 bits per heavy atom. The number of carbonyl (C=O) groups is 2. The van der Waals surface area contributed by atoms with Gasteiger partial charge in [0.25, 0.3) is 5.91 Å². The van der Waals surface area contributed by atoms with Crippen molar-refractivity contribution >= 4 is 40.8 Å². The van der Waals surface area contributed by atoms with E-state index in [4.69, 9.17) is 0 Å². The molecule has 2 N–H and O–H groups in total. The van der Waals surface area contributed by atoms with Crippen molar-refractivity contribution < 1.29 is 23.9 Å². The Balaban J connectivity index is 1.30. The maximum atomic E-state index is 14.4. The predicted octanol–water partition coefficient (Wildman–Crippen LogP) is 7.38. The average molecular weight is 582 g/mol. The van der Waals surface area contributed by atoms with Crippen LogP contribution < -0.4 is 0 Å². The minimum Gasteiger partial charge on any atom is -0.341 e.